The van der Waals surface area contributed by atoms with Crippen LogP contribution in [0, 0.1) is 6.92 Å². The number of β-amino-alcohol motifs (C(OH)–C–C–N with tert-alkyl or cyclic N) is 1. The van der Waals surface area contributed by atoms with E-state index in [-0.39, 0.29) is 17.9 Å². The van der Waals surface area contributed by atoms with Gasteiger partial charge in [-0.1, -0.05) is 0 Å². The van der Waals surface area contributed by atoms with Gasteiger partial charge in [-0.3, -0.25) is 14.5 Å². The summed E-state index contributed by atoms with van der Waals surface area (Å²) in [6, 6.07) is -0.245. The van der Waals surface area contributed by atoms with Crippen LogP contribution in [0.2, 0.25) is 0 Å². The van der Waals surface area contributed by atoms with Gasteiger partial charge in [-0.05, 0) is 19.8 Å². The third-order valence-electron chi connectivity index (χ3n) is 4.29. The maximum Gasteiger partial charge on any atom is 0.236 e. The summed E-state index contributed by atoms with van der Waals surface area (Å²) in [6.45, 7) is 3.33. The minimum Gasteiger partial charge on any atom is -0.390 e. The molecule has 1 aliphatic rings. The van der Waals surface area contributed by atoms with Crippen molar-refractivity contribution in [2.45, 2.75) is 38.3 Å². The summed E-state index contributed by atoms with van der Waals surface area (Å²) in [6.07, 6.45) is 1.07. The van der Waals surface area contributed by atoms with E-state index in [4.69, 9.17) is 0 Å². The number of aliphatic hydroxyl groups is 1. The molecule has 0 aliphatic carbocycles. The molecule has 0 radical (unpaired) electrons. The number of hydrogen-bond acceptors (Lipinski definition) is 6. The maximum atomic E-state index is 12.1. The van der Waals surface area contributed by atoms with Crippen LogP contribution >= 0.6 is 11.3 Å². The van der Waals surface area contributed by atoms with Gasteiger partial charge >= 0.3 is 0 Å². The predicted molar refractivity (Wildman–Crippen MR) is 92.9 cm³/mol. The monoisotopic (exact) mass is 354 g/mol. The van der Waals surface area contributed by atoms with Crippen molar-refractivity contribution in [2.24, 2.45) is 0 Å². The van der Waals surface area contributed by atoms with E-state index < -0.39 is 6.10 Å². The molecule has 134 valence electrons. The van der Waals surface area contributed by atoms with Crippen molar-refractivity contribution in [1.82, 2.24) is 20.1 Å². The van der Waals surface area contributed by atoms with Crippen LogP contribution in [-0.2, 0) is 16.0 Å². The van der Waals surface area contributed by atoms with Gasteiger partial charge < -0.3 is 15.3 Å². The molecule has 1 aromatic heterocycles. The first-order valence-corrected chi connectivity index (χ1v) is 9.03. The van der Waals surface area contributed by atoms with Gasteiger partial charge in [-0.15, -0.1) is 11.3 Å². The number of piperidine rings is 1. The van der Waals surface area contributed by atoms with Gasteiger partial charge in [-0.2, -0.15) is 0 Å². The van der Waals surface area contributed by atoms with E-state index in [1.54, 1.807) is 35.8 Å². The second-order valence-corrected chi connectivity index (χ2v) is 7.35. The summed E-state index contributed by atoms with van der Waals surface area (Å²) in [5.74, 6) is -0.0331. The fourth-order valence-electron chi connectivity index (χ4n) is 2.71. The lowest BCUT2D eigenvalue weighted by molar-refractivity contribution is -0.131. The molecule has 1 aliphatic heterocycles. The van der Waals surface area contributed by atoms with Crippen LogP contribution in [0.5, 0.6) is 0 Å². The van der Waals surface area contributed by atoms with Crippen LogP contribution in [0.15, 0.2) is 5.51 Å². The Morgan fingerprint density at radius 2 is 2.25 bits per heavy atom. The molecule has 1 saturated heterocycles. The molecule has 2 rings (SSSR count). The molecular formula is C16H26N4O3S. The van der Waals surface area contributed by atoms with Crippen molar-refractivity contribution in [3.05, 3.63) is 16.1 Å². The van der Waals surface area contributed by atoms with Crippen LogP contribution in [0.1, 0.15) is 23.4 Å². The molecule has 2 N–H and O–H groups in total. The lowest BCUT2D eigenvalue weighted by Gasteiger charge is -2.36. The van der Waals surface area contributed by atoms with Crippen LogP contribution in [-0.4, -0.2) is 77.6 Å². The SMILES string of the molecule is Cc1ncsc1CCC(=O)N[C@@H]1CCN(CC(=O)N(C)C)C[C@H]1O. The number of thiazole rings is 1. The first-order chi connectivity index (χ1) is 11.4. The second-order valence-electron chi connectivity index (χ2n) is 6.41. The number of likely N-dealkylation sites (tertiary alicyclic amines) is 1. The summed E-state index contributed by atoms with van der Waals surface area (Å²) in [4.78, 5) is 32.6. The lowest BCUT2D eigenvalue weighted by Crippen LogP contribution is -2.55. The molecule has 0 aromatic carbocycles. The molecule has 2 heterocycles. The Morgan fingerprint density at radius 1 is 1.50 bits per heavy atom. The van der Waals surface area contributed by atoms with Gasteiger partial charge in [0.1, 0.15) is 0 Å². The van der Waals surface area contributed by atoms with E-state index in [1.165, 1.54) is 0 Å². The molecule has 1 fully saturated rings. The molecule has 1 aromatic rings. The Bertz CT molecular complexity index is 575. The lowest BCUT2D eigenvalue weighted by atomic mass is 10.0. The van der Waals surface area contributed by atoms with Gasteiger partial charge in [-0.25, -0.2) is 4.98 Å². The van der Waals surface area contributed by atoms with E-state index >= 15 is 0 Å². The quantitative estimate of drug-likeness (QED) is 0.752. The predicted octanol–water partition coefficient (Wildman–Crippen LogP) is 0.0237. The molecule has 8 heteroatoms. The molecule has 24 heavy (non-hydrogen) atoms. The van der Waals surface area contributed by atoms with E-state index in [2.05, 4.69) is 10.3 Å². The minimum atomic E-state index is -0.650. The number of hydrogen-bond donors (Lipinski definition) is 2. The Morgan fingerprint density at radius 3 is 2.83 bits per heavy atom. The number of carbonyl (C=O) groups excluding carboxylic acids is 2. The van der Waals surface area contributed by atoms with Crippen molar-refractivity contribution in [1.29, 1.82) is 0 Å². The third-order valence-corrected chi connectivity index (χ3v) is 5.29. The van der Waals surface area contributed by atoms with Gasteiger partial charge in [0.2, 0.25) is 11.8 Å². The number of aliphatic hydroxyl groups excluding tert-OH is 1. The molecule has 0 spiro atoms. The smallest absolute Gasteiger partial charge is 0.236 e. The van der Waals surface area contributed by atoms with Gasteiger partial charge in [0, 0.05) is 38.5 Å². The Balaban J connectivity index is 1.74. The molecule has 0 bridgehead atoms. The first kappa shape index (κ1) is 18.8. The Kier molecular flexibility index (Phi) is 6.70. The fraction of sp³-hybridized carbons (Fsp3) is 0.688. The zero-order valence-electron chi connectivity index (χ0n) is 14.5. The van der Waals surface area contributed by atoms with Crippen molar-refractivity contribution in [3.8, 4) is 0 Å². The van der Waals surface area contributed by atoms with E-state index in [0.717, 1.165) is 10.6 Å². The second kappa shape index (κ2) is 8.55. The number of rotatable bonds is 6. The largest absolute Gasteiger partial charge is 0.390 e. The summed E-state index contributed by atoms with van der Waals surface area (Å²) in [5, 5.41) is 13.2. The molecule has 0 unspecified atom stereocenters. The summed E-state index contributed by atoms with van der Waals surface area (Å²) in [7, 11) is 3.44. The number of likely N-dealkylation sites (N-methyl/N-ethyl adjacent to an activating group) is 1. The highest BCUT2D eigenvalue weighted by molar-refractivity contribution is 7.09. The van der Waals surface area contributed by atoms with E-state index in [1.807, 2.05) is 11.8 Å². The topological polar surface area (TPSA) is 85.8 Å². The average molecular weight is 354 g/mol. The third kappa shape index (κ3) is 5.25. The number of amides is 2. The normalized spacial score (nSPS) is 21.5. The van der Waals surface area contributed by atoms with Crippen LogP contribution < -0.4 is 5.32 Å². The van der Waals surface area contributed by atoms with Crippen LogP contribution in [0.25, 0.3) is 0 Å². The van der Waals surface area contributed by atoms with Gasteiger partial charge in [0.05, 0.1) is 29.9 Å². The van der Waals surface area contributed by atoms with Crippen molar-refractivity contribution in [2.75, 3.05) is 33.7 Å². The van der Waals surface area contributed by atoms with Gasteiger partial charge in [0.15, 0.2) is 0 Å². The number of aromatic nitrogens is 1. The van der Waals surface area contributed by atoms with Gasteiger partial charge in [0.25, 0.3) is 0 Å². The number of nitrogens with one attached hydrogen (secondary N) is 1. The maximum absolute atomic E-state index is 12.1. The zero-order valence-corrected chi connectivity index (χ0v) is 15.3. The van der Waals surface area contributed by atoms with Crippen molar-refractivity contribution < 1.29 is 14.7 Å². The Labute approximate surface area is 146 Å². The summed E-state index contributed by atoms with van der Waals surface area (Å²) < 4.78 is 0. The summed E-state index contributed by atoms with van der Waals surface area (Å²) in [5.41, 5.74) is 2.77. The first-order valence-electron chi connectivity index (χ1n) is 8.15. The number of nitrogens with zero attached hydrogens (tertiary/aromatic N) is 3. The molecule has 0 saturated carbocycles. The fourth-order valence-corrected chi connectivity index (χ4v) is 3.50. The summed E-state index contributed by atoms with van der Waals surface area (Å²) >= 11 is 1.56. The van der Waals surface area contributed by atoms with E-state index in [9.17, 15) is 14.7 Å². The standard InChI is InChI=1S/C16H26N4O3S/c1-11-14(24-10-17-11)4-5-15(22)18-12-6-7-20(8-13(12)21)9-16(23)19(2)3/h10,12-13,21H,4-9H2,1-3H3,(H,18,22)/t12-,13-/m1/s1. The molecular weight excluding hydrogens is 328 g/mol. The van der Waals surface area contributed by atoms with Crippen molar-refractivity contribution >= 4 is 23.2 Å². The van der Waals surface area contributed by atoms with E-state index in [0.29, 0.717) is 38.9 Å². The van der Waals surface area contributed by atoms with Crippen LogP contribution in [0.4, 0.5) is 0 Å². The Hall–Kier alpha value is -1.51. The molecule has 7 nitrogen and oxygen atoms in total. The molecule has 2 amide bonds. The molecule has 2 atom stereocenters. The highest BCUT2D eigenvalue weighted by atomic mass is 32.1. The van der Waals surface area contributed by atoms with Crippen molar-refractivity contribution in [3.63, 3.8) is 0 Å². The highest BCUT2D eigenvalue weighted by Gasteiger charge is 2.29. The minimum absolute atomic E-state index is 0.0182. The zero-order chi connectivity index (χ0) is 17.7. The van der Waals surface area contributed by atoms with Crippen LogP contribution in [0.3, 0.4) is 0 Å². The average Bonchev–Trinajstić information content (AvgIpc) is 2.93. The number of carbonyl (C=O) groups is 2. The highest BCUT2D eigenvalue weighted by Crippen LogP contribution is 2.15. The number of aryl methyl sites for hydroxylation is 2.